The highest BCUT2D eigenvalue weighted by Gasteiger charge is 2.57. The molecule has 3 rings (SSSR count). The van der Waals surface area contributed by atoms with Crippen LogP contribution in [-0.4, -0.2) is 5.78 Å². The van der Waals surface area contributed by atoms with Gasteiger partial charge in [-0.05, 0) is 52.8 Å². The highest BCUT2D eigenvalue weighted by Crippen LogP contribution is 2.57. The van der Waals surface area contributed by atoms with E-state index < -0.39 is 5.67 Å². The summed E-state index contributed by atoms with van der Waals surface area (Å²) < 4.78 is 15.7. The Balaban J connectivity index is 1.72. The third kappa shape index (κ3) is 2.99. The Hall–Kier alpha value is -0.940. The van der Waals surface area contributed by atoms with Gasteiger partial charge >= 0.3 is 0 Å². The first-order valence-corrected chi connectivity index (χ1v) is 8.19. The van der Waals surface area contributed by atoms with E-state index in [9.17, 15) is 9.18 Å². The van der Waals surface area contributed by atoms with E-state index in [2.05, 4.69) is 22.6 Å². The molecule has 1 saturated carbocycles. The summed E-state index contributed by atoms with van der Waals surface area (Å²) in [5.74, 6) is -0.222. The molecular formula is C17H13ClFIO. The molecule has 1 nitrogen and oxygen atoms in total. The minimum absolute atomic E-state index is 0.0125. The third-order valence-electron chi connectivity index (χ3n) is 3.96. The molecule has 0 spiro atoms. The van der Waals surface area contributed by atoms with E-state index in [1.54, 1.807) is 30.3 Å². The van der Waals surface area contributed by atoms with Gasteiger partial charge < -0.3 is 0 Å². The van der Waals surface area contributed by atoms with E-state index in [0.717, 1.165) is 3.57 Å². The van der Waals surface area contributed by atoms with Gasteiger partial charge in [0.05, 0.1) is 0 Å². The summed E-state index contributed by atoms with van der Waals surface area (Å²) in [6.45, 7) is 0. The SMILES string of the molecule is O=C(C[C@@H]1C[C@]1(F)c1ccc(Cl)cc1)c1ccccc1I. The van der Waals surface area contributed by atoms with Crippen molar-refractivity contribution < 1.29 is 9.18 Å². The van der Waals surface area contributed by atoms with Gasteiger partial charge in [0.25, 0.3) is 0 Å². The van der Waals surface area contributed by atoms with Crippen LogP contribution in [0.5, 0.6) is 0 Å². The Labute approximate surface area is 141 Å². The van der Waals surface area contributed by atoms with Crippen LogP contribution in [0.1, 0.15) is 28.8 Å². The largest absolute Gasteiger partial charge is 0.294 e. The van der Waals surface area contributed by atoms with Crippen LogP contribution < -0.4 is 0 Å². The van der Waals surface area contributed by atoms with Crippen molar-refractivity contribution in [3.8, 4) is 0 Å². The molecule has 1 aliphatic carbocycles. The van der Waals surface area contributed by atoms with E-state index in [1.807, 2.05) is 18.2 Å². The van der Waals surface area contributed by atoms with E-state index in [1.165, 1.54) is 0 Å². The summed E-state index contributed by atoms with van der Waals surface area (Å²) in [4.78, 5) is 12.3. The van der Waals surface area contributed by atoms with E-state index in [4.69, 9.17) is 11.6 Å². The highest BCUT2D eigenvalue weighted by molar-refractivity contribution is 14.1. The van der Waals surface area contributed by atoms with Gasteiger partial charge in [-0.3, -0.25) is 4.79 Å². The Morgan fingerprint density at radius 3 is 2.57 bits per heavy atom. The number of ketones is 1. The second-order valence-corrected chi connectivity index (χ2v) is 6.98. The van der Waals surface area contributed by atoms with Crippen molar-refractivity contribution in [1.82, 2.24) is 0 Å². The zero-order chi connectivity index (χ0) is 15.0. The van der Waals surface area contributed by atoms with Crippen molar-refractivity contribution in [2.45, 2.75) is 18.5 Å². The molecule has 1 fully saturated rings. The standard InChI is InChI=1S/C17H13ClFIO/c18-13-7-5-11(6-8-13)17(19)10-12(17)9-16(21)14-3-1-2-4-15(14)20/h1-8,12H,9-10H2/t12-,17+/m1/s1. The normalized spacial score (nSPS) is 23.9. The lowest BCUT2D eigenvalue weighted by Crippen LogP contribution is -2.08. The first-order chi connectivity index (χ1) is 10.0. The van der Waals surface area contributed by atoms with Crippen LogP contribution in [-0.2, 0) is 5.67 Å². The Morgan fingerprint density at radius 2 is 1.90 bits per heavy atom. The van der Waals surface area contributed by atoms with E-state index >= 15 is 0 Å². The van der Waals surface area contributed by atoms with Crippen LogP contribution in [0.2, 0.25) is 5.02 Å². The third-order valence-corrected chi connectivity index (χ3v) is 5.15. The monoisotopic (exact) mass is 414 g/mol. The average Bonchev–Trinajstić information content (AvgIpc) is 3.11. The highest BCUT2D eigenvalue weighted by atomic mass is 127. The molecule has 2 aromatic carbocycles. The number of hydrogen-bond acceptors (Lipinski definition) is 1. The number of Topliss-reactive ketones (excluding diaryl/α,β-unsaturated/α-hetero) is 1. The topological polar surface area (TPSA) is 17.1 Å². The van der Waals surface area contributed by atoms with Gasteiger partial charge in [0, 0.05) is 26.5 Å². The number of carbonyl (C=O) groups is 1. The van der Waals surface area contributed by atoms with Crippen molar-refractivity contribution in [3.05, 3.63) is 68.3 Å². The molecule has 4 heteroatoms. The number of alkyl halides is 1. The molecule has 0 aromatic heterocycles. The van der Waals surface area contributed by atoms with Crippen LogP contribution >= 0.6 is 34.2 Å². The fourth-order valence-corrected chi connectivity index (χ4v) is 3.45. The average molecular weight is 415 g/mol. The maximum atomic E-state index is 14.8. The minimum atomic E-state index is -1.37. The van der Waals surface area contributed by atoms with Crippen molar-refractivity contribution >= 4 is 40.0 Å². The van der Waals surface area contributed by atoms with E-state index in [-0.39, 0.29) is 18.1 Å². The number of rotatable bonds is 4. The van der Waals surface area contributed by atoms with Crippen molar-refractivity contribution in [3.63, 3.8) is 0 Å². The van der Waals surface area contributed by atoms with Gasteiger partial charge in [0.2, 0.25) is 0 Å². The van der Waals surface area contributed by atoms with E-state index in [0.29, 0.717) is 22.6 Å². The molecule has 0 unspecified atom stereocenters. The number of halogens is 3. The molecule has 0 saturated heterocycles. The molecule has 1 aliphatic rings. The molecule has 2 aromatic rings. The van der Waals surface area contributed by atoms with Gasteiger partial charge in [0.1, 0.15) is 5.67 Å². The van der Waals surface area contributed by atoms with Crippen LogP contribution in [0.4, 0.5) is 4.39 Å². The molecule has 0 bridgehead atoms. The summed E-state index contributed by atoms with van der Waals surface area (Å²) in [6, 6.07) is 14.2. The summed E-state index contributed by atoms with van der Waals surface area (Å²) >= 11 is 7.96. The second-order valence-electron chi connectivity index (χ2n) is 5.38. The number of hydrogen-bond donors (Lipinski definition) is 0. The molecule has 21 heavy (non-hydrogen) atoms. The summed E-state index contributed by atoms with van der Waals surface area (Å²) in [7, 11) is 0. The molecule has 108 valence electrons. The van der Waals surface area contributed by atoms with Crippen LogP contribution in [0.15, 0.2) is 48.5 Å². The molecule has 0 radical (unpaired) electrons. The minimum Gasteiger partial charge on any atom is -0.294 e. The van der Waals surface area contributed by atoms with Gasteiger partial charge in [-0.2, -0.15) is 0 Å². The smallest absolute Gasteiger partial charge is 0.164 e. The fourth-order valence-electron chi connectivity index (χ4n) is 2.64. The Morgan fingerprint density at radius 1 is 1.24 bits per heavy atom. The Bertz CT molecular complexity index is 685. The first kappa shape index (κ1) is 15.0. The van der Waals surface area contributed by atoms with Gasteiger partial charge in [0.15, 0.2) is 5.78 Å². The summed E-state index contributed by atoms with van der Waals surface area (Å²) in [5, 5.41) is 0.592. The summed E-state index contributed by atoms with van der Waals surface area (Å²) in [5.41, 5.74) is -0.0728. The zero-order valence-electron chi connectivity index (χ0n) is 11.2. The first-order valence-electron chi connectivity index (χ1n) is 6.73. The molecule has 0 aliphatic heterocycles. The lowest BCUT2D eigenvalue weighted by atomic mass is 10.0. The number of benzene rings is 2. The second kappa shape index (κ2) is 5.69. The molecule has 0 heterocycles. The maximum absolute atomic E-state index is 14.8. The zero-order valence-corrected chi connectivity index (χ0v) is 14.1. The van der Waals surface area contributed by atoms with Gasteiger partial charge in [-0.1, -0.05) is 41.9 Å². The van der Waals surface area contributed by atoms with Crippen LogP contribution in [0.25, 0.3) is 0 Å². The van der Waals surface area contributed by atoms with Crippen LogP contribution in [0, 0.1) is 9.49 Å². The quantitative estimate of drug-likeness (QED) is 0.483. The van der Waals surface area contributed by atoms with Crippen molar-refractivity contribution in [2.24, 2.45) is 5.92 Å². The predicted octanol–water partition coefficient (Wildman–Crippen LogP) is 5.40. The maximum Gasteiger partial charge on any atom is 0.164 e. The molecule has 2 atom stereocenters. The summed E-state index contributed by atoms with van der Waals surface area (Å²) in [6.07, 6.45) is 0.656. The lowest BCUT2D eigenvalue weighted by molar-refractivity contribution is 0.0964. The van der Waals surface area contributed by atoms with Gasteiger partial charge in [-0.15, -0.1) is 0 Å². The number of carbonyl (C=O) groups excluding carboxylic acids is 1. The van der Waals surface area contributed by atoms with Gasteiger partial charge in [-0.25, -0.2) is 4.39 Å². The van der Waals surface area contributed by atoms with Crippen molar-refractivity contribution in [1.29, 1.82) is 0 Å². The van der Waals surface area contributed by atoms with Crippen LogP contribution in [0.3, 0.4) is 0 Å². The molecule has 0 N–H and O–H groups in total. The lowest BCUT2D eigenvalue weighted by Gasteiger charge is -2.09. The van der Waals surface area contributed by atoms with Crippen molar-refractivity contribution in [2.75, 3.05) is 0 Å². The molecule has 0 amide bonds. The Kier molecular flexibility index (Phi) is 4.06. The molecular weight excluding hydrogens is 402 g/mol. The predicted molar refractivity (Wildman–Crippen MR) is 90.5 cm³/mol. The fraction of sp³-hybridized carbons (Fsp3) is 0.235.